The highest BCUT2D eigenvalue weighted by atomic mass is 32.1. The number of anilines is 2. The van der Waals surface area contributed by atoms with Gasteiger partial charge in [0.05, 0.1) is 5.69 Å². The Labute approximate surface area is 95.5 Å². The number of furan rings is 1. The average molecular weight is 232 g/mol. The van der Waals surface area contributed by atoms with Crippen LogP contribution in [0.25, 0.3) is 11.0 Å². The summed E-state index contributed by atoms with van der Waals surface area (Å²) in [5, 5.41) is 9.30. The van der Waals surface area contributed by atoms with Crippen LogP contribution in [0.15, 0.2) is 34.9 Å². The number of hydrogen-bond donors (Lipinski definition) is 0. The first-order valence-electron chi connectivity index (χ1n) is 4.71. The molecule has 80 valence electrons. The van der Waals surface area contributed by atoms with E-state index in [0.29, 0.717) is 0 Å². The fourth-order valence-corrected chi connectivity index (χ4v) is 2.02. The number of benzene rings is 1. The van der Waals surface area contributed by atoms with Crippen molar-refractivity contribution < 1.29 is 4.42 Å². The molecule has 3 rings (SSSR count). The van der Waals surface area contributed by atoms with Gasteiger partial charge in [-0.3, -0.25) is 0 Å². The third-order valence-electron chi connectivity index (χ3n) is 2.40. The highest BCUT2D eigenvalue weighted by Crippen LogP contribution is 2.32. The molecule has 5 nitrogen and oxygen atoms in total. The second-order valence-electron chi connectivity index (χ2n) is 3.32. The molecule has 0 amide bonds. The topological polar surface area (TPSA) is 55.1 Å². The first kappa shape index (κ1) is 9.29. The van der Waals surface area contributed by atoms with Gasteiger partial charge in [0.2, 0.25) is 5.13 Å². The Morgan fingerprint density at radius 1 is 1.31 bits per heavy atom. The zero-order valence-corrected chi connectivity index (χ0v) is 9.31. The number of nitrogens with zero attached hydrogens (tertiary/aromatic N) is 4. The molecule has 0 spiro atoms. The van der Waals surface area contributed by atoms with Gasteiger partial charge in [0.15, 0.2) is 0 Å². The van der Waals surface area contributed by atoms with Crippen molar-refractivity contribution in [2.24, 2.45) is 0 Å². The molecule has 3 aromatic rings. The van der Waals surface area contributed by atoms with Gasteiger partial charge >= 0.3 is 0 Å². The molecular weight excluding hydrogens is 224 g/mol. The standard InChI is InChI=1S/C10H8N4OS/c1-14(10-11-12-13-16-10)8-6-15-9-5-3-2-4-7(8)9/h2-6H,1H3. The highest BCUT2D eigenvalue weighted by Gasteiger charge is 2.13. The van der Waals surface area contributed by atoms with Crippen LogP contribution in [0.4, 0.5) is 10.8 Å². The number of para-hydroxylation sites is 1. The molecule has 0 atom stereocenters. The van der Waals surface area contributed by atoms with E-state index in [9.17, 15) is 0 Å². The lowest BCUT2D eigenvalue weighted by Gasteiger charge is -2.11. The van der Waals surface area contributed by atoms with Crippen LogP contribution in [-0.4, -0.2) is 21.8 Å². The zero-order chi connectivity index (χ0) is 11.0. The molecule has 0 unspecified atom stereocenters. The maximum atomic E-state index is 5.46. The first-order valence-corrected chi connectivity index (χ1v) is 5.48. The van der Waals surface area contributed by atoms with Crippen LogP contribution in [0.3, 0.4) is 0 Å². The van der Waals surface area contributed by atoms with E-state index in [1.165, 1.54) is 11.5 Å². The van der Waals surface area contributed by atoms with Crippen molar-refractivity contribution in [2.75, 3.05) is 11.9 Å². The Kier molecular flexibility index (Phi) is 2.07. The van der Waals surface area contributed by atoms with Crippen molar-refractivity contribution in [3.8, 4) is 0 Å². The summed E-state index contributed by atoms with van der Waals surface area (Å²) >= 11 is 1.25. The average Bonchev–Trinajstić information content (AvgIpc) is 2.98. The fourth-order valence-electron chi connectivity index (χ4n) is 1.58. The quantitative estimate of drug-likeness (QED) is 0.679. The molecule has 2 heterocycles. The molecule has 1 aromatic carbocycles. The van der Waals surface area contributed by atoms with Gasteiger partial charge in [0, 0.05) is 24.0 Å². The van der Waals surface area contributed by atoms with Crippen LogP contribution >= 0.6 is 11.5 Å². The molecule has 0 N–H and O–H groups in total. The van der Waals surface area contributed by atoms with Crippen molar-refractivity contribution in [3.63, 3.8) is 0 Å². The zero-order valence-electron chi connectivity index (χ0n) is 8.49. The second kappa shape index (κ2) is 3.57. The second-order valence-corrected chi connectivity index (χ2v) is 4.03. The third-order valence-corrected chi connectivity index (χ3v) is 3.07. The smallest absolute Gasteiger partial charge is 0.232 e. The molecule has 0 aliphatic heterocycles. The van der Waals surface area contributed by atoms with Gasteiger partial charge in [-0.1, -0.05) is 21.7 Å². The Morgan fingerprint density at radius 3 is 3.00 bits per heavy atom. The molecular formula is C10H8N4OS. The molecule has 0 aliphatic carbocycles. The van der Waals surface area contributed by atoms with Crippen LogP contribution in [0, 0.1) is 0 Å². The number of aromatic nitrogens is 3. The van der Waals surface area contributed by atoms with E-state index in [2.05, 4.69) is 14.8 Å². The number of rotatable bonds is 2. The van der Waals surface area contributed by atoms with Crippen LogP contribution in [0.1, 0.15) is 0 Å². The largest absolute Gasteiger partial charge is 0.462 e. The predicted octanol–water partition coefficient (Wildman–Crippen LogP) is 2.45. The van der Waals surface area contributed by atoms with Gasteiger partial charge in [-0.05, 0) is 17.3 Å². The van der Waals surface area contributed by atoms with Crippen molar-refractivity contribution in [3.05, 3.63) is 30.5 Å². The van der Waals surface area contributed by atoms with Gasteiger partial charge in [-0.2, -0.15) is 0 Å². The molecule has 0 radical (unpaired) electrons. The molecule has 2 aromatic heterocycles. The van der Waals surface area contributed by atoms with Crippen molar-refractivity contribution in [1.29, 1.82) is 0 Å². The molecule has 6 heteroatoms. The monoisotopic (exact) mass is 232 g/mol. The third kappa shape index (κ3) is 1.35. The fraction of sp³-hybridized carbons (Fsp3) is 0.100. The Hall–Kier alpha value is -1.95. The molecule has 0 fully saturated rings. The predicted molar refractivity (Wildman–Crippen MR) is 62.0 cm³/mol. The minimum atomic E-state index is 0.742. The summed E-state index contributed by atoms with van der Waals surface area (Å²) in [6, 6.07) is 7.87. The van der Waals surface area contributed by atoms with E-state index >= 15 is 0 Å². The van der Waals surface area contributed by atoms with Crippen LogP contribution in [0.5, 0.6) is 0 Å². The summed E-state index contributed by atoms with van der Waals surface area (Å²) in [5.41, 5.74) is 1.83. The van der Waals surface area contributed by atoms with Gasteiger partial charge in [-0.25, -0.2) is 0 Å². The molecule has 0 saturated heterocycles. The summed E-state index contributed by atoms with van der Waals surface area (Å²) < 4.78 is 9.20. The van der Waals surface area contributed by atoms with E-state index in [-0.39, 0.29) is 0 Å². The molecule has 0 saturated carbocycles. The minimum Gasteiger partial charge on any atom is -0.462 e. The molecule has 0 aliphatic rings. The Morgan fingerprint density at radius 2 is 2.19 bits per heavy atom. The lowest BCUT2D eigenvalue weighted by atomic mass is 10.2. The summed E-state index contributed by atoms with van der Waals surface area (Å²) in [4.78, 5) is 1.91. The summed E-state index contributed by atoms with van der Waals surface area (Å²) in [5.74, 6) is 0. The minimum absolute atomic E-state index is 0.742. The lowest BCUT2D eigenvalue weighted by Crippen LogP contribution is -2.08. The van der Waals surface area contributed by atoms with E-state index in [1.807, 2.05) is 36.2 Å². The van der Waals surface area contributed by atoms with Crippen LogP contribution in [-0.2, 0) is 0 Å². The summed E-state index contributed by atoms with van der Waals surface area (Å²) in [7, 11) is 1.92. The summed E-state index contributed by atoms with van der Waals surface area (Å²) in [6.45, 7) is 0. The maximum absolute atomic E-state index is 5.46. The lowest BCUT2D eigenvalue weighted by molar-refractivity contribution is 0.616. The van der Waals surface area contributed by atoms with E-state index < -0.39 is 0 Å². The maximum Gasteiger partial charge on any atom is 0.232 e. The Bertz CT molecular complexity index is 604. The number of fused-ring (bicyclic) bond motifs is 1. The van der Waals surface area contributed by atoms with Gasteiger partial charge in [0.25, 0.3) is 0 Å². The Balaban J connectivity index is 2.12. The highest BCUT2D eigenvalue weighted by molar-refractivity contribution is 7.09. The van der Waals surface area contributed by atoms with Gasteiger partial charge < -0.3 is 9.32 Å². The van der Waals surface area contributed by atoms with Crippen molar-refractivity contribution >= 4 is 33.3 Å². The molecule has 0 bridgehead atoms. The van der Waals surface area contributed by atoms with E-state index in [0.717, 1.165) is 21.8 Å². The van der Waals surface area contributed by atoms with Gasteiger partial charge in [-0.15, -0.1) is 0 Å². The number of hydrogen-bond acceptors (Lipinski definition) is 6. The summed E-state index contributed by atoms with van der Waals surface area (Å²) in [6.07, 6.45) is 1.71. The first-order chi connectivity index (χ1) is 7.86. The van der Waals surface area contributed by atoms with Crippen LogP contribution in [0.2, 0.25) is 0 Å². The van der Waals surface area contributed by atoms with E-state index in [4.69, 9.17) is 4.42 Å². The van der Waals surface area contributed by atoms with Gasteiger partial charge in [0.1, 0.15) is 11.8 Å². The normalized spacial score (nSPS) is 10.8. The van der Waals surface area contributed by atoms with Crippen molar-refractivity contribution in [1.82, 2.24) is 14.8 Å². The van der Waals surface area contributed by atoms with Crippen LogP contribution < -0.4 is 4.90 Å². The SMILES string of the molecule is CN(c1nnns1)c1coc2ccccc12. The van der Waals surface area contributed by atoms with Crippen molar-refractivity contribution in [2.45, 2.75) is 0 Å². The molecule has 16 heavy (non-hydrogen) atoms. The van der Waals surface area contributed by atoms with E-state index in [1.54, 1.807) is 6.26 Å².